The molecule has 1 rings (SSSR count). The molecule has 19 heavy (non-hydrogen) atoms. The van der Waals surface area contributed by atoms with Gasteiger partial charge in [-0.05, 0) is 32.4 Å². The summed E-state index contributed by atoms with van der Waals surface area (Å²) in [5.74, 6) is 0.723. The summed E-state index contributed by atoms with van der Waals surface area (Å²) in [7, 11) is 0. The lowest BCUT2D eigenvalue weighted by atomic mass is 10.1. The van der Waals surface area contributed by atoms with Gasteiger partial charge < -0.3 is 9.80 Å². The van der Waals surface area contributed by atoms with Gasteiger partial charge in [0.05, 0.1) is 12.2 Å². The lowest BCUT2D eigenvalue weighted by Crippen LogP contribution is -2.50. The zero-order valence-electron chi connectivity index (χ0n) is 13.4. The number of nitrogens with one attached hydrogen (secondary N) is 1. The molecular weight excluding hydrogens is 238 g/mol. The maximum Gasteiger partial charge on any atom is 0.241 e. The van der Waals surface area contributed by atoms with Crippen molar-refractivity contribution in [1.29, 1.82) is 0 Å². The summed E-state index contributed by atoms with van der Waals surface area (Å²) in [5, 5.41) is 3.49. The Kier molecular flexibility index (Phi) is 6.27. The van der Waals surface area contributed by atoms with Crippen molar-refractivity contribution in [2.24, 2.45) is 5.92 Å². The minimum atomic E-state index is 0.00607. The highest BCUT2D eigenvalue weighted by molar-refractivity contribution is 5.84. The molecule has 0 saturated carbocycles. The van der Waals surface area contributed by atoms with Crippen LogP contribution in [0.5, 0.6) is 0 Å². The van der Waals surface area contributed by atoms with Crippen molar-refractivity contribution in [3.63, 3.8) is 0 Å². The van der Waals surface area contributed by atoms with Gasteiger partial charge in [-0.2, -0.15) is 0 Å². The molecule has 112 valence electrons. The molecule has 4 nitrogen and oxygen atoms in total. The fourth-order valence-corrected chi connectivity index (χ4v) is 2.92. The molecule has 4 heteroatoms. The highest BCUT2D eigenvalue weighted by Gasteiger charge is 2.41. The standard InChI is InChI=1S/C15H31N3O/c1-7-13-15(19)18(14(16-13)11(4)5)12(6)10-17(8-2)9-3/h11-14,16H,7-10H2,1-6H3. The molecule has 0 aromatic heterocycles. The summed E-state index contributed by atoms with van der Waals surface area (Å²) in [6, 6.07) is 0.274. The first kappa shape index (κ1) is 16.4. The third-order valence-corrected chi connectivity index (χ3v) is 4.16. The molecule has 1 aliphatic rings. The Hall–Kier alpha value is -0.610. The maximum absolute atomic E-state index is 12.5. The van der Waals surface area contributed by atoms with Crippen molar-refractivity contribution in [3.8, 4) is 0 Å². The Bertz CT molecular complexity index is 289. The summed E-state index contributed by atoms with van der Waals surface area (Å²) in [4.78, 5) is 17.0. The fourth-order valence-electron chi connectivity index (χ4n) is 2.92. The van der Waals surface area contributed by atoms with Crippen LogP contribution in [0.25, 0.3) is 0 Å². The Morgan fingerprint density at radius 1 is 1.21 bits per heavy atom. The average Bonchev–Trinajstić information content (AvgIpc) is 2.72. The minimum Gasteiger partial charge on any atom is -0.322 e. The van der Waals surface area contributed by atoms with Crippen molar-refractivity contribution in [1.82, 2.24) is 15.1 Å². The number of nitrogens with zero attached hydrogens (tertiary/aromatic N) is 2. The van der Waals surface area contributed by atoms with Crippen LogP contribution in [0.15, 0.2) is 0 Å². The molecule has 0 bridgehead atoms. The van der Waals surface area contributed by atoms with Crippen molar-refractivity contribution in [2.75, 3.05) is 19.6 Å². The topological polar surface area (TPSA) is 35.6 Å². The molecule has 0 aromatic carbocycles. The zero-order valence-corrected chi connectivity index (χ0v) is 13.4. The van der Waals surface area contributed by atoms with Crippen LogP contribution in [0.1, 0.15) is 48.0 Å². The van der Waals surface area contributed by atoms with Crippen molar-refractivity contribution < 1.29 is 4.79 Å². The smallest absolute Gasteiger partial charge is 0.241 e. The van der Waals surface area contributed by atoms with Crippen molar-refractivity contribution in [2.45, 2.75) is 66.2 Å². The predicted octanol–water partition coefficient (Wildman–Crippen LogP) is 1.91. The van der Waals surface area contributed by atoms with Crippen LogP contribution in [0.2, 0.25) is 0 Å². The van der Waals surface area contributed by atoms with Gasteiger partial charge in [-0.3, -0.25) is 10.1 Å². The number of hydrogen-bond acceptors (Lipinski definition) is 3. The molecule has 3 unspecified atom stereocenters. The van der Waals surface area contributed by atoms with E-state index >= 15 is 0 Å². The lowest BCUT2D eigenvalue weighted by molar-refractivity contribution is -0.133. The quantitative estimate of drug-likeness (QED) is 0.767. The van der Waals surface area contributed by atoms with Crippen LogP contribution in [0.3, 0.4) is 0 Å². The summed E-state index contributed by atoms with van der Waals surface area (Å²) >= 11 is 0. The van der Waals surface area contributed by atoms with E-state index in [1.165, 1.54) is 0 Å². The Morgan fingerprint density at radius 3 is 2.21 bits per heavy atom. The van der Waals surface area contributed by atoms with Crippen molar-refractivity contribution in [3.05, 3.63) is 0 Å². The molecule has 1 fully saturated rings. The minimum absolute atomic E-state index is 0.00607. The molecular formula is C15H31N3O. The summed E-state index contributed by atoms with van der Waals surface area (Å²) in [6.45, 7) is 16.0. The number of carbonyl (C=O) groups is 1. The monoisotopic (exact) mass is 269 g/mol. The molecule has 1 heterocycles. The van der Waals surface area contributed by atoms with Gasteiger partial charge in [0.1, 0.15) is 0 Å². The molecule has 3 atom stereocenters. The van der Waals surface area contributed by atoms with Crippen LogP contribution in [-0.2, 0) is 4.79 Å². The highest BCUT2D eigenvalue weighted by atomic mass is 16.2. The lowest BCUT2D eigenvalue weighted by Gasteiger charge is -2.35. The molecule has 0 aromatic rings. The Labute approximate surface area is 118 Å². The molecule has 0 radical (unpaired) electrons. The van der Waals surface area contributed by atoms with E-state index < -0.39 is 0 Å². The van der Waals surface area contributed by atoms with Crippen LogP contribution < -0.4 is 5.32 Å². The van der Waals surface area contributed by atoms with Gasteiger partial charge in [0.15, 0.2) is 0 Å². The third kappa shape index (κ3) is 3.69. The average molecular weight is 269 g/mol. The van der Waals surface area contributed by atoms with Gasteiger partial charge in [-0.15, -0.1) is 0 Å². The van der Waals surface area contributed by atoms with Gasteiger partial charge in [-0.25, -0.2) is 0 Å². The van der Waals surface area contributed by atoms with Gasteiger partial charge in [0.2, 0.25) is 5.91 Å². The molecule has 1 saturated heterocycles. The largest absolute Gasteiger partial charge is 0.322 e. The number of likely N-dealkylation sites (N-methyl/N-ethyl adjacent to an activating group) is 1. The SMILES string of the molecule is CCC1NC(C(C)C)N(C(C)CN(CC)CC)C1=O. The molecule has 0 aliphatic carbocycles. The van der Waals surface area contributed by atoms with Crippen LogP contribution >= 0.6 is 0 Å². The van der Waals surface area contributed by atoms with Gasteiger partial charge in [0.25, 0.3) is 0 Å². The van der Waals surface area contributed by atoms with Gasteiger partial charge in [0, 0.05) is 12.6 Å². The van der Waals surface area contributed by atoms with E-state index in [2.05, 4.69) is 56.7 Å². The third-order valence-electron chi connectivity index (χ3n) is 4.16. The number of carbonyl (C=O) groups excluding carboxylic acids is 1. The second kappa shape index (κ2) is 7.25. The first-order valence-electron chi connectivity index (χ1n) is 7.76. The maximum atomic E-state index is 12.5. The first-order chi connectivity index (χ1) is 8.96. The Balaban J connectivity index is 2.78. The second-order valence-electron chi connectivity index (χ2n) is 5.90. The molecule has 1 amide bonds. The highest BCUT2D eigenvalue weighted by Crippen LogP contribution is 2.22. The Morgan fingerprint density at radius 2 is 1.79 bits per heavy atom. The molecule has 1 aliphatic heterocycles. The van der Waals surface area contributed by atoms with Gasteiger partial charge in [-0.1, -0.05) is 34.6 Å². The first-order valence-corrected chi connectivity index (χ1v) is 7.76. The second-order valence-corrected chi connectivity index (χ2v) is 5.90. The van der Waals surface area contributed by atoms with E-state index in [9.17, 15) is 4.79 Å². The van der Waals surface area contributed by atoms with Gasteiger partial charge >= 0.3 is 0 Å². The number of hydrogen-bond donors (Lipinski definition) is 1. The van der Waals surface area contributed by atoms with E-state index in [1.54, 1.807) is 0 Å². The predicted molar refractivity (Wildman–Crippen MR) is 79.9 cm³/mol. The van der Waals surface area contributed by atoms with E-state index in [-0.39, 0.29) is 24.2 Å². The van der Waals surface area contributed by atoms with E-state index in [0.717, 1.165) is 26.1 Å². The van der Waals surface area contributed by atoms with E-state index in [0.29, 0.717) is 5.92 Å². The molecule has 1 N–H and O–H groups in total. The van der Waals surface area contributed by atoms with E-state index in [1.807, 2.05) is 0 Å². The normalized spacial score (nSPS) is 25.7. The number of rotatable bonds is 7. The summed E-state index contributed by atoms with van der Waals surface area (Å²) < 4.78 is 0. The zero-order chi connectivity index (χ0) is 14.6. The van der Waals surface area contributed by atoms with Crippen LogP contribution in [0.4, 0.5) is 0 Å². The van der Waals surface area contributed by atoms with Crippen molar-refractivity contribution >= 4 is 5.91 Å². The molecule has 0 spiro atoms. The van der Waals surface area contributed by atoms with Crippen LogP contribution in [0, 0.1) is 5.92 Å². The summed E-state index contributed by atoms with van der Waals surface area (Å²) in [5.41, 5.74) is 0. The fraction of sp³-hybridized carbons (Fsp3) is 0.933. The summed E-state index contributed by atoms with van der Waals surface area (Å²) in [6.07, 6.45) is 1.05. The van der Waals surface area contributed by atoms with Crippen LogP contribution in [-0.4, -0.2) is 53.6 Å². The van der Waals surface area contributed by atoms with E-state index in [4.69, 9.17) is 0 Å². The number of amides is 1.